The maximum absolute atomic E-state index is 12.3. The van der Waals surface area contributed by atoms with Gasteiger partial charge in [0.25, 0.3) is 5.91 Å². The lowest BCUT2D eigenvalue weighted by Crippen LogP contribution is -2.48. The van der Waals surface area contributed by atoms with Crippen molar-refractivity contribution in [1.29, 1.82) is 0 Å². The predicted molar refractivity (Wildman–Crippen MR) is 73.8 cm³/mol. The quantitative estimate of drug-likeness (QED) is 0.838. The SMILES string of the molecule is Cc1cccc(C(=O)NC2CNCC(C)C2)c1C. The highest BCUT2D eigenvalue weighted by atomic mass is 16.1. The largest absolute Gasteiger partial charge is 0.348 e. The van der Waals surface area contributed by atoms with E-state index in [2.05, 4.69) is 17.6 Å². The van der Waals surface area contributed by atoms with Crippen molar-refractivity contribution in [2.45, 2.75) is 33.2 Å². The Morgan fingerprint density at radius 1 is 1.33 bits per heavy atom. The number of aryl methyl sites for hydroxylation is 1. The van der Waals surface area contributed by atoms with Gasteiger partial charge < -0.3 is 10.6 Å². The molecular weight excluding hydrogens is 224 g/mol. The summed E-state index contributed by atoms with van der Waals surface area (Å²) in [5.74, 6) is 0.680. The fourth-order valence-corrected chi connectivity index (χ4v) is 2.53. The van der Waals surface area contributed by atoms with Crippen LogP contribution in [0.25, 0.3) is 0 Å². The molecule has 1 aliphatic heterocycles. The molecule has 0 aromatic heterocycles. The number of hydrogen-bond donors (Lipinski definition) is 2. The first-order valence-electron chi connectivity index (χ1n) is 6.65. The average molecular weight is 246 g/mol. The minimum atomic E-state index is 0.0529. The van der Waals surface area contributed by atoms with Gasteiger partial charge >= 0.3 is 0 Å². The molecule has 1 fully saturated rings. The van der Waals surface area contributed by atoms with Crippen molar-refractivity contribution >= 4 is 5.91 Å². The first-order chi connectivity index (χ1) is 8.58. The molecule has 0 spiro atoms. The van der Waals surface area contributed by atoms with E-state index < -0.39 is 0 Å². The predicted octanol–water partition coefficient (Wildman–Crippen LogP) is 2.03. The number of carbonyl (C=O) groups is 1. The van der Waals surface area contributed by atoms with Crippen LogP contribution in [0.4, 0.5) is 0 Å². The molecule has 98 valence electrons. The maximum atomic E-state index is 12.3. The van der Waals surface area contributed by atoms with Crippen molar-refractivity contribution in [2.24, 2.45) is 5.92 Å². The maximum Gasteiger partial charge on any atom is 0.251 e. The van der Waals surface area contributed by atoms with Crippen LogP contribution in [0, 0.1) is 19.8 Å². The summed E-state index contributed by atoms with van der Waals surface area (Å²) in [6.45, 7) is 8.18. The number of rotatable bonds is 2. The van der Waals surface area contributed by atoms with Crippen LogP contribution < -0.4 is 10.6 Å². The van der Waals surface area contributed by atoms with Gasteiger partial charge in [0.15, 0.2) is 0 Å². The van der Waals surface area contributed by atoms with Crippen molar-refractivity contribution < 1.29 is 4.79 Å². The minimum Gasteiger partial charge on any atom is -0.348 e. The molecule has 18 heavy (non-hydrogen) atoms. The van der Waals surface area contributed by atoms with Gasteiger partial charge in [-0.25, -0.2) is 0 Å². The number of hydrogen-bond acceptors (Lipinski definition) is 2. The second-order valence-electron chi connectivity index (χ2n) is 5.42. The van der Waals surface area contributed by atoms with Crippen LogP contribution in [-0.2, 0) is 0 Å². The van der Waals surface area contributed by atoms with Crippen molar-refractivity contribution in [3.63, 3.8) is 0 Å². The molecule has 2 N–H and O–H groups in total. The highest BCUT2D eigenvalue weighted by Gasteiger charge is 2.21. The number of piperidine rings is 1. The zero-order valence-electron chi connectivity index (χ0n) is 11.4. The summed E-state index contributed by atoms with van der Waals surface area (Å²) in [5, 5.41) is 6.48. The van der Waals surface area contributed by atoms with Crippen molar-refractivity contribution in [3.05, 3.63) is 34.9 Å². The molecule has 1 aromatic rings. The molecule has 1 aliphatic rings. The van der Waals surface area contributed by atoms with Gasteiger partial charge in [-0.15, -0.1) is 0 Å². The average Bonchev–Trinajstić information content (AvgIpc) is 2.32. The summed E-state index contributed by atoms with van der Waals surface area (Å²) in [6.07, 6.45) is 1.06. The van der Waals surface area contributed by atoms with Gasteiger partial charge in [0.05, 0.1) is 0 Å². The van der Waals surface area contributed by atoms with Gasteiger partial charge in [-0.1, -0.05) is 19.1 Å². The van der Waals surface area contributed by atoms with E-state index in [0.717, 1.165) is 36.2 Å². The Hall–Kier alpha value is -1.35. The van der Waals surface area contributed by atoms with Crippen LogP contribution in [0.15, 0.2) is 18.2 Å². The fourth-order valence-electron chi connectivity index (χ4n) is 2.53. The van der Waals surface area contributed by atoms with E-state index in [4.69, 9.17) is 0 Å². The summed E-state index contributed by atoms with van der Waals surface area (Å²) >= 11 is 0. The van der Waals surface area contributed by atoms with Crippen LogP contribution in [0.1, 0.15) is 34.8 Å². The summed E-state index contributed by atoms with van der Waals surface area (Å²) in [4.78, 5) is 12.3. The molecule has 3 heteroatoms. The van der Waals surface area contributed by atoms with Crippen molar-refractivity contribution in [1.82, 2.24) is 10.6 Å². The highest BCUT2D eigenvalue weighted by Crippen LogP contribution is 2.14. The Morgan fingerprint density at radius 3 is 2.83 bits per heavy atom. The molecule has 0 saturated carbocycles. The van der Waals surface area contributed by atoms with Crippen LogP contribution in [-0.4, -0.2) is 25.0 Å². The van der Waals surface area contributed by atoms with E-state index in [1.54, 1.807) is 0 Å². The third kappa shape index (κ3) is 2.91. The Bertz CT molecular complexity index is 442. The van der Waals surface area contributed by atoms with Crippen LogP contribution in [0.5, 0.6) is 0 Å². The Kier molecular flexibility index (Phi) is 4.02. The molecule has 3 nitrogen and oxygen atoms in total. The zero-order valence-corrected chi connectivity index (χ0v) is 11.4. The molecule has 1 heterocycles. The molecule has 0 radical (unpaired) electrons. The van der Waals surface area contributed by atoms with E-state index in [-0.39, 0.29) is 11.9 Å². The topological polar surface area (TPSA) is 41.1 Å². The van der Waals surface area contributed by atoms with Crippen LogP contribution >= 0.6 is 0 Å². The standard InChI is InChI=1S/C15H22N2O/c1-10-7-13(9-16-8-10)17-15(18)14-6-4-5-11(2)12(14)3/h4-6,10,13,16H,7-9H2,1-3H3,(H,17,18). The summed E-state index contributed by atoms with van der Waals surface area (Å²) in [7, 11) is 0. The van der Waals surface area contributed by atoms with Gasteiger partial charge in [-0.2, -0.15) is 0 Å². The normalized spacial score (nSPS) is 23.7. The number of nitrogens with one attached hydrogen (secondary N) is 2. The lowest BCUT2D eigenvalue weighted by atomic mass is 9.97. The molecule has 2 atom stereocenters. The summed E-state index contributed by atoms with van der Waals surface area (Å²) in [5.41, 5.74) is 3.04. The number of carbonyl (C=O) groups excluding carboxylic acids is 1. The Balaban J connectivity index is 2.05. The zero-order chi connectivity index (χ0) is 13.1. The highest BCUT2D eigenvalue weighted by molar-refractivity contribution is 5.96. The lowest BCUT2D eigenvalue weighted by molar-refractivity contribution is 0.0924. The fraction of sp³-hybridized carbons (Fsp3) is 0.533. The van der Waals surface area contributed by atoms with E-state index in [0.29, 0.717) is 5.92 Å². The first-order valence-corrected chi connectivity index (χ1v) is 6.65. The lowest BCUT2D eigenvalue weighted by Gasteiger charge is -2.28. The summed E-state index contributed by atoms with van der Waals surface area (Å²) < 4.78 is 0. The van der Waals surface area contributed by atoms with E-state index in [1.165, 1.54) is 0 Å². The Morgan fingerprint density at radius 2 is 2.11 bits per heavy atom. The summed E-state index contributed by atoms with van der Waals surface area (Å²) in [6, 6.07) is 6.13. The van der Waals surface area contributed by atoms with Crippen molar-refractivity contribution in [2.75, 3.05) is 13.1 Å². The van der Waals surface area contributed by atoms with E-state index >= 15 is 0 Å². The molecule has 1 amide bonds. The Labute approximate surface area is 109 Å². The first kappa shape index (κ1) is 13.1. The van der Waals surface area contributed by atoms with Crippen LogP contribution in [0.3, 0.4) is 0 Å². The van der Waals surface area contributed by atoms with Gasteiger partial charge in [-0.05, 0) is 49.9 Å². The minimum absolute atomic E-state index is 0.0529. The van der Waals surface area contributed by atoms with Gasteiger partial charge in [0, 0.05) is 18.2 Å². The molecule has 2 rings (SSSR count). The number of amides is 1. The molecule has 1 saturated heterocycles. The third-order valence-corrected chi connectivity index (χ3v) is 3.75. The van der Waals surface area contributed by atoms with E-state index in [1.807, 2.05) is 32.0 Å². The molecular formula is C15H22N2O. The van der Waals surface area contributed by atoms with E-state index in [9.17, 15) is 4.79 Å². The second-order valence-corrected chi connectivity index (χ2v) is 5.42. The molecule has 2 unspecified atom stereocenters. The second kappa shape index (κ2) is 5.53. The monoisotopic (exact) mass is 246 g/mol. The van der Waals surface area contributed by atoms with Gasteiger partial charge in [-0.3, -0.25) is 4.79 Å². The van der Waals surface area contributed by atoms with Gasteiger partial charge in [0.1, 0.15) is 0 Å². The molecule has 1 aromatic carbocycles. The van der Waals surface area contributed by atoms with Gasteiger partial charge in [0.2, 0.25) is 0 Å². The molecule has 0 aliphatic carbocycles. The van der Waals surface area contributed by atoms with Crippen molar-refractivity contribution in [3.8, 4) is 0 Å². The number of benzene rings is 1. The van der Waals surface area contributed by atoms with Crippen LogP contribution in [0.2, 0.25) is 0 Å². The smallest absolute Gasteiger partial charge is 0.251 e. The third-order valence-electron chi connectivity index (χ3n) is 3.75. The molecule has 0 bridgehead atoms.